The number of carbonyl (C=O) groups is 2. The van der Waals surface area contributed by atoms with Gasteiger partial charge in [-0.05, 0) is 135 Å². The van der Waals surface area contributed by atoms with Crippen LogP contribution in [0.1, 0.15) is 278 Å². The lowest BCUT2D eigenvalue weighted by atomic mass is 10.1. The number of unbranched alkanes of at least 4 members (excludes halogenated alkanes) is 25. The molecule has 0 aliphatic heterocycles. The van der Waals surface area contributed by atoms with Gasteiger partial charge in [0, 0.05) is 19.4 Å². The van der Waals surface area contributed by atoms with E-state index in [1.54, 1.807) is 0 Å². The first-order valence-electron chi connectivity index (χ1n) is 31.1. The number of carbonyl (C=O) groups excluding carboxylic acids is 2. The van der Waals surface area contributed by atoms with E-state index in [1.165, 1.54) is 122 Å². The predicted octanol–water partition coefficient (Wildman–Crippen LogP) is 21.7. The van der Waals surface area contributed by atoms with Gasteiger partial charge in [-0.1, -0.05) is 251 Å². The van der Waals surface area contributed by atoms with Gasteiger partial charge < -0.3 is 14.2 Å². The Hall–Kier alpha value is -3.70. The van der Waals surface area contributed by atoms with Crippen LogP contribution in [0.15, 0.2) is 122 Å². The van der Waals surface area contributed by atoms with Gasteiger partial charge in [-0.2, -0.15) is 0 Å². The summed E-state index contributed by atoms with van der Waals surface area (Å²) < 4.78 is 17.5. The van der Waals surface area contributed by atoms with Crippen molar-refractivity contribution in [2.75, 3.05) is 19.8 Å². The zero-order valence-corrected chi connectivity index (χ0v) is 48.6. The maximum absolute atomic E-state index is 12.9. The minimum atomic E-state index is -0.568. The fourth-order valence-corrected chi connectivity index (χ4v) is 8.34. The van der Waals surface area contributed by atoms with Gasteiger partial charge in [0.25, 0.3) is 0 Å². The van der Waals surface area contributed by atoms with Crippen molar-refractivity contribution in [2.24, 2.45) is 0 Å². The van der Waals surface area contributed by atoms with Gasteiger partial charge in [0.2, 0.25) is 0 Å². The monoisotopic (exact) mass is 1020 g/mol. The maximum Gasteiger partial charge on any atom is 0.306 e. The molecule has 5 heteroatoms. The van der Waals surface area contributed by atoms with Crippen molar-refractivity contribution >= 4 is 11.9 Å². The summed E-state index contributed by atoms with van der Waals surface area (Å²) in [7, 11) is 0. The van der Waals surface area contributed by atoms with Gasteiger partial charge in [0.15, 0.2) is 6.10 Å². The molecule has 0 spiro atoms. The predicted molar refractivity (Wildman–Crippen MR) is 325 cm³/mol. The van der Waals surface area contributed by atoms with Crippen LogP contribution in [0.2, 0.25) is 0 Å². The summed E-state index contributed by atoms with van der Waals surface area (Å²) in [6, 6.07) is 0. The molecule has 0 aromatic rings. The number of ether oxygens (including phenoxy) is 3. The molecule has 0 saturated carbocycles. The largest absolute Gasteiger partial charge is 0.462 e. The van der Waals surface area contributed by atoms with Crippen molar-refractivity contribution in [2.45, 2.75) is 284 Å². The lowest BCUT2D eigenvalue weighted by Gasteiger charge is -2.18. The highest BCUT2D eigenvalue weighted by molar-refractivity contribution is 5.70. The summed E-state index contributed by atoms with van der Waals surface area (Å²) >= 11 is 0. The fraction of sp³-hybridized carbons (Fsp3) is 0.681. The van der Waals surface area contributed by atoms with Gasteiger partial charge >= 0.3 is 11.9 Å². The standard InChI is InChI=1S/C69H116O5/c1-4-7-10-13-16-19-22-25-28-31-34-37-40-43-46-49-52-55-58-61-64-72-65-67(74-69(71)63-60-57-54-51-48-45-42-39-36-33-30-27-24-21-18-15-12-9-6-3)66-73-68(70)62-59-56-53-50-47-44-41-38-35-32-29-26-23-20-17-14-11-8-5-2/h7,10,16-21,25-30,34-35,37-38,43,46,67H,4-6,8-9,11-15,22-24,31-33,36,39-42,44-45,47-66H2,1-3H3/b10-7-,19-16-,20-17-,21-18-,28-25-,29-26-,30-27-,37-34-,38-35-,46-43-. The number of hydrogen-bond donors (Lipinski definition) is 0. The van der Waals surface area contributed by atoms with Crippen LogP contribution in [0.5, 0.6) is 0 Å². The van der Waals surface area contributed by atoms with Crippen molar-refractivity contribution < 1.29 is 23.8 Å². The van der Waals surface area contributed by atoms with Crippen LogP contribution >= 0.6 is 0 Å². The molecule has 0 fully saturated rings. The Balaban J connectivity index is 4.39. The van der Waals surface area contributed by atoms with Crippen LogP contribution < -0.4 is 0 Å². The Kier molecular flexibility index (Phi) is 60.4. The number of hydrogen-bond acceptors (Lipinski definition) is 5. The van der Waals surface area contributed by atoms with Crippen molar-refractivity contribution in [1.29, 1.82) is 0 Å². The van der Waals surface area contributed by atoms with Gasteiger partial charge in [-0.3, -0.25) is 9.59 Å². The summed E-state index contributed by atoms with van der Waals surface area (Å²) in [5.74, 6) is -0.431. The maximum atomic E-state index is 12.9. The molecule has 0 radical (unpaired) electrons. The molecule has 0 rings (SSSR count). The van der Waals surface area contributed by atoms with E-state index < -0.39 is 6.10 Å². The highest BCUT2D eigenvalue weighted by Gasteiger charge is 2.17. The van der Waals surface area contributed by atoms with E-state index in [0.717, 1.165) is 122 Å². The molecule has 422 valence electrons. The molecular weight excluding hydrogens is 909 g/mol. The third-order valence-electron chi connectivity index (χ3n) is 13.0. The summed E-state index contributed by atoms with van der Waals surface area (Å²) in [6.07, 6.45) is 89.4. The van der Waals surface area contributed by atoms with Crippen molar-refractivity contribution in [1.82, 2.24) is 0 Å². The highest BCUT2D eigenvalue weighted by atomic mass is 16.6. The first-order valence-corrected chi connectivity index (χ1v) is 31.1. The molecule has 1 atom stereocenters. The summed E-state index contributed by atoms with van der Waals surface area (Å²) in [6.45, 7) is 7.60. The van der Waals surface area contributed by atoms with E-state index in [-0.39, 0.29) is 25.2 Å². The molecule has 0 amide bonds. The molecule has 0 aromatic carbocycles. The van der Waals surface area contributed by atoms with Crippen molar-refractivity contribution in [3.8, 4) is 0 Å². The highest BCUT2D eigenvalue weighted by Crippen LogP contribution is 2.14. The van der Waals surface area contributed by atoms with E-state index in [4.69, 9.17) is 14.2 Å². The smallest absolute Gasteiger partial charge is 0.306 e. The number of rotatable bonds is 56. The van der Waals surface area contributed by atoms with Gasteiger partial charge in [-0.15, -0.1) is 0 Å². The van der Waals surface area contributed by atoms with Crippen LogP contribution in [-0.4, -0.2) is 37.9 Å². The summed E-state index contributed by atoms with van der Waals surface area (Å²) in [4.78, 5) is 25.6. The molecular formula is C69H116O5. The lowest BCUT2D eigenvalue weighted by Crippen LogP contribution is -2.30. The molecule has 0 N–H and O–H groups in total. The second kappa shape index (κ2) is 63.6. The van der Waals surface area contributed by atoms with E-state index in [1.807, 2.05) is 0 Å². The van der Waals surface area contributed by atoms with E-state index in [0.29, 0.717) is 19.4 Å². The average molecular weight is 1030 g/mol. The normalized spacial score (nSPS) is 13.1. The van der Waals surface area contributed by atoms with Gasteiger partial charge in [0.05, 0.1) is 6.61 Å². The van der Waals surface area contributed by atoms with Gasteiger partial charge in [-0.25, -0.2) is 0 Å². The molecule has 74 heavy (non-hydrogen) atoms. The number of esters is 2. The quantitative estimate of drug-likeness (QED) is 0.0345. The summed E-state index contributed by atoms with van der Waals surface area (Å²) in [5.41, 5.74) is 0. The van der Waals surface area contributed by atoms with Crippen LogP contribution in [0.25, 0.3) is 0 Å². The number of allylic oxidation sites excluding steroid dienone is 20. The lowest BCUT2D eigenvalue weighted by molar-refractivity contribution is -0.163. The molecule has 0 aliphatic rings. The van der Waals surface area contributed by atoms with E-state index in [2.05, 4.69) is 142 Å². The Morgan fingerprint density at radius 1 is 0.311 bits per heavy atom. The molecule has 1 unspecified atom stereocenters. The fourth-order valence-electron chi connectivity index (χ4n) is 8.34. The molecule has 0 aromatic heterocycles. The van der Waals surface area contributed by atoms with Crippen LogP contribution in [0.3, 0.4) is 0 Å². The molecule has 0 aliphatic carbocycles. The van der Waals surface area contributed by atoms with Crippen molar-refractivity contribution in [3.05, 3.63) is 122 Å². The van der Waals surface area contributed by atoms with Gasteiger partial charge in [0.1, 0.15) is 6.61 Å². The van der Waals surface area contributed by atoms with Crippen LogP contribution in [-0.2, 0) is 23.8 Å². The molecule has 0 heterocycles. The third kappa shape index (κ3) is 60.9. The average Bonchev–Trinajstić information content (AvgIpc) is 3.40. The second-order valence-corrected chi connectivity index (χ2v) is 20.2. The molecule has 0 saturated heterocycles. The Labute approximate surface area is 458 Å². The van der Waals surface area contributed by atoms with Crippen LogP contribution in [0, 0.1) is 0 Å². The minimum absolute atomic E-state index is 0.0597. The zero-order chi connectivity index (χ0) is 53.4. The van der Waals surface area contributed by atoms with Crippen LogP contribution in [0.4, 0.5) is 0 Å². The topological polar surface area (TPSA) is 61.8 Å². The molecule has 0 bridgehead atoms. The second-order valence-electron chi connectivity index (χ2n) is 20.2. The first-order chi connectivity index (χ1) is 36.6. The Morgan fingerprint density at radius 3 is 0.973 bits per heavy atom. The first kappa shape index (κ1) is 70.3. The van der Waals surface area contributed by atoms with E-state index >= 15 is 0 Å². The summed E-state index contributed by atoms with van der Waals surface area (Å²) in [5, 5.41) is 0. The zero-order valence-electron chi connectivity index (χ0n) is 48.6. The Morgan fingerprint density at radius 2 is 0.608 bits per heavy atom. The van der Waals surface area contributed by atoms with Crippen molar-refractivity contribution in [3.63, 3.8) is 0 Å². The minimum Gasteiger partial charge on any atom is -0.462 e. The molecule has 5 nitrogen and oxygen atoms in total. The Bertz CT molecular complexity index is 1490. The SMILES string of the molecule is CC/C=C\C/C=C\C/C=C\C/C=C\C/C=C\CCCCCCOCC(COC(=O)CCCCCCCC/C=C\C/C=C\C/C=C\CCCCC)OC(=O)CCCCCCCCCCC/C=C\C/C=C\CCCCC. The third-order valence-corrected chi connectivity index (χ3v) is 13.0. The van der Waals surface area contributed by atoms with E-state index in [9.17, 15) is 9.59 Å².